The van der Waals surface area contributed by atoms with Gasteiger partial charge in [-0.05, 0) is 19.1 Å². The summed E-state index contributed by atoms with van der Waals surface area (Å²) in [7, 11) is 0. The molecule has 16 heavy (non-hydrogen) atoms. The smallest absolute Gasteiger partial charge is 0.105 e. The zero-order chi connectivity index (χ0) is 11.2. The van der Waals surface area contributed by atoms with Gasteiger partial charge >= 0.3 is 0 Å². The zero-order valence-corrected chi connectivity index (χ0v) is 10.2. The molecule has 0 N–H and O–H groups in total. The van der Waals surface area contributed by atoms with Crippen molar-refractivity contribution in [3.05, 3.63) is 29.8 Å². The highest BCUT2D eigenvalue weighted by Crippen LogP contribution is 2.20. The second-order valence-corrected chi connectivity index (χ2v) is 4.62. The minimum atomic E-state index is 0.0756. The molecule has 88 valence electrons. The van der Waals surface area contributed by atoms with Crippen LogP contribution in [0.15, 0.2) is 29.2 Å². The maximum Gasteiger partial charge on any atom is 0.105 e. The van der Waals surface area contributed by atoms with Crippen LogP contribution in [0.3, 0.4) is 0 Å². The molecular weight excluding hydrogens is 224 g/mol. The Balaban J connectivity index is 1.69. The molecule has 2 rings (SSSR count). The average Bonchev–Trinajstić information content (AvgIpc) is 2.33. The van der Waals surface area contributed by atoms with Crippen LogP contribution < -0.4 is 0 Å². The fourth-order valence-electron chi connectivity index (χ4n) is 1.40. The third-order valence-electron chi connectivity index (χ3n) is 2.32. The van der Waals surface area contributed by atoms with E-state index in [2.05, 4.69) is 31.2 Å². The zero-order valence-electron chi connectivity index (χ0n) is 9.35. The molecule has 4 heteroatoms. The minimum absolute atomic E-state index is 0.0756. The summed E-state index contributed by atoms with van der Waals surface area (Å²) in [6.07, 6.45) is 0.0756. The Morgan fingerprint density at radius 3 is 2.81 bits per heavy atom. The molecule has 3 nitrogen and oxygen atoms in total. The highest BCUT2D eigenvalue weighted by Gasteiger charge is 2.14. The first-order valence-corrected chi connectivity index (χ1v) is 6.14. The van der Waals surface area contributed by atoms with E-state index in [0.29, 0.717) is 26.4 Å². The Kier molecular flexibility index (Phi) is 4.66. The van der Waals surface area contributed by atoms with Crippen molar-refractivity contribution in [1.82, 2.24) is 0 Å². The van der Waals surface area contributed by atoms with Crippen molar-refractivity contribution in [3.63, 3.8) is 0 Å². The van der Waals surface area contributed by atoms with Gasteiger partial charge in [-0.25, -0.2) is 0 Å². The summed E-state index contributed by atoms with van der Waals surface area (Å²) < 4.78 is 16.3. The Morgan fingerprint density at radius 2 is 2.12 bits per heavy atom. The van der Waals surface area contributed by atoms with Crippen molar-refractivity contribution in [1.29, 1.82) is 0 Å². The molecule has 1 aromatic rings. The number of hydrogen-bond acceptors (Lipinski definition) is 4. The summed E-state index contributed by atoms with van der Waals surface area (Å²) in [6, 6.07) is 8.26. The summed E-state index contributed by atoms with van der Waals surface area (Å²) >= 11 is 1.39. The first kappa shape index (κ1) is 11.9. The van der Waals surface area contributed by atoms with Gasteiger partial charge in [0, 0.05) is 16.9 Å². The van der Waals surface area contributed by atoms with E-state index in [0.717, 1.165) is 4.90 Å². The predicted molar refractivity (Wildman–Crippen MR) is 63.5 cm³/mol. The van der Waals surface area contributed by atoms with Gasteiger partial charge in [0.15, 0.2) is 0 Å². The van der Waals surface area contributed by atoms with Crippen LogP contribution >= 0.6 is 12.0 Å². The second-order valence-electron chi connectivity index (χ2n) is 3.75. The van der Waals surface area contributed by atoms with Gasteiger partial charge in [0.1, 0.15) is 6.10 Å². The van der Waals surface area contributed by atoms with E-state index in [-0.39, 0.29) is 6.10 Å². The van der Waals surface area contributed by atoms with E-state index in [9.17, 15) is 0 Å². The highest BCUT2D eigenvalue weighted by atomic mass is 32.2. The standard InChI is InChI=1S/C12H16O3S/c1-10-2-4-12(5-3-10)16-15-9-11-8-13-6-7-14-11/h2-5,11H,6-9H2,1H3/t11-/m1/s1. The Hall–Kier alpha value is -0.550. The highest BCUT2D eigenvalue weighted by molar-refractivity contribution is 7.94. The lowest BCUT2D eigenvalue weighted by Gasteiger charge is -2.22. The number of ether oxygens (including phenoxy) is 2. The largest absolute Gasteiger partial charge is 0.376 e. The number of benzene rings is 1. The molecule has 1 atom stereocenters. The Bertz CT molecular complexity index is 307. The summed E-state index contributed by atoms with van der Waals surface area (Å²) in [5.41, 5.74) is 1.26. The predicted octanol–water partition coefficient (Wildman–Crippen LogP) is 2.43. The second kappa shape index (κ2) is 6.25. The van der Waals surface area contributed by atoms with Crippen molar-refractivity contribution < 1.29 is 13.7 Å². The molecule has 0 saturated carbocycles. The van der Waals surface area contributed by atoms with Gasteiger partial charge in [0.2, 0.25) is 0 Å². The van der Waals surface area contributed by atoms with Crippen LogP contribution in [-0.4, -0.2) is 32.5 Å². The van der Waals surface area contributed by atoms with E-state index >= 15 is 0 Å². The van der Waals surface area contributed by atoms with Crippen LogP contribution in [0.5, 0.6) is 0 Å². The maximum absolute atomic E-state index is 5.51. The molecule has 0 radical (unpaired) electrons. The molecule has 1 saturated heterocycles. The fraction of sp³-hybridized carbons (Fsp3) is 0.500. The molecule has 1 heterocycles. The van der Waals surface area contributed by atoms with Crippen LogP contribution in [0.25, 0.3) is 0 Å². The van der Waals surface area contributed by atoms with Gasteiger partial charge in [-0.1, -0.05) is 17.7 Å². The summed E-state index contributed by atoms with van der Waals surface area (Å²) in [6.45, 7) is 4.64. The molecule has 0 aromatic heterocycles. The molecule has 0 bridgehead atoms. The molecule has 0 spiro atoms. The summed E-state index contributed by atoms with van der Waals surface area (Å²) in [4.78, 5) is 1.11. The lowest BCUT2D eigenvalue weighted by molar-refractivity contribution is -0.0994. The normalized spacial score (nSPS) is 20.9. The molecule has 0 aliphatic carbocycles. The van der Waals surface area contributed by atoms with Crippen molar-refractivity contribution in [2.45, 2.75) is 17.9 Å². The number of hydrogen-bond donors (Lipinski definition) is 0. The molecule has 1 aliphatic heterocycles. The van der Waals surface area contributed by atoms with Gasteiger partial charge in [0.25, 0.3) is 0 Å². The van der Waals surface area contributed by atoms with Crippen molar-refractivity contribution in [2.24, 2.45) is 0 Å². The molecule has 0 unspecified atom stereocenters. The van der Waals surface area contributed by atoms with Crippen LogP contribution in [-0.2, 0) is 13.7 Å². The quantitative estimate of drug-likeness (QED) is 0.755. The van der Waals surface area contributed by atoms with Crippen LogP contribution in [0.1, 0.15) is 5.56 Å². The van der Waals surface area contributed by atoms with Gasteiger partial charge in [-0.3, -0.25) is 0 Å². The Morgan fingerprint density at radius 1 is 1.31 bits per heavy atom. The van der Waals surface area contributed by atoms with Crippen molar-refractivity contribution in [2.75, 3.05) is 26.4 Å². The summed E-state index contributed by atoms with van der Waals surface area (Å²) in [5, 5.41) is 0. The monoisotopic (exact) mass is 240 g/mol. The van der Waals surface area contributed by atoms with Gasteiger partial charge in [-0.15, -0.1) is 0 Å². The van der Waals surface area contributed by atoms with E-state index in [4.69, 9.17) is 13.7 Å². The van der Waals surface area contributed by atoms with Crippen LogP contribution in [0.4, 0.5) is 0 Å². The minimum Gasteiger partial charge on any atom is -0.376 e. The van der Waals surface area contributed by atoms with Gasteiger partial charge in [-0.2, -0.15) is 0 Å². The van der Waals surface area contributed by atoms with Crippen LogP contribution in [0.2, 0.25) is 0 Å². The third-order valence-corrected chi connectivity index (χ3v) is 3.03. The van der Waals surface area contributed by atoms with E-state index in [1.165, 1.54) is 17.6 Å². The SMILES string of the molecule is Cc1ccc(SOC[C@H]2COCCO2)cc1. The number of aryl methyl sites for hydroxylation is 1. The van der Waals surface area contributed by atoms with Crippen LogP contribution in [0, 0.1) is 6.92 Å². The topological polar surface area (TPSA) is 27.7 Å². The molecule has 1 fully saturated rings. The van der Waals surface area contributed by atoms with E-state index in [1.807, 2.05) is 0 Å². The Labute approximate surface area is 100 Å². The van der Waals surface area contributed by atoms with E-state index < -0.39 is 0 Å². The maximum atomic E-state index is 5.51. The van der Waals surface area contributed by atoms with Crippen molar-refractivity contribution in [3.8, 4) is 0 Å². The lowest BCUT2D eigenvalue weighted by atomic mass is 10.2. The molecule has 0 amide bonds. The first-order valence-electron chi connectivity index (χ1n) is 5.40. The van der Waals surface area contributed by atoms with E-state index in [1.54, 1.807) is 0 Å². The summed E-state index contributed by atoms with van der Waals surface area (Å²) in [5.74, 6) is 0. The lowest BCUT2D eigenvalue weighted by Crippen LogP contribution is -2.31. The van der Waals surface area contributed by atoms with Gasteiger partial charge in [0.05, 0.1) is 26.4 Å². The molecule has 1 aliphatic rings. The molecule has 1 aromatic carbocycles. The number of rotatable bonds is 4. The first-order chi connectivity index (χ1) is 7.84. The average molecular weight is 240 g/mol. The molecular formula is C12H16O3S. The van der Waals surface area contributed by atoms with Gasteiger partial charge < -0.3 is 13.7 Å². The fourth-order valence-corrected chi connectivity index (χ4v) is 2.01. The van der Waals surface area contributed by atoms with Crippen molar-refractivity contribution >= 4 is 12.0 Å². The third kappa shape index (κ3) is 3.79.